The van der Waals surface area contributed by atoms with E-state index >= 15 is 0 Å². The van der Waals surface area contributed by atoms with E-state index in [1.807, 2.05) is 0 Å². The third kappa shape index (κ3) is 9.14. The van der Waals surface area contributed by atoms with Gasteiger partial charge in [-0.25, -0.2) is 13.2 Å². The minimum atomic E-state index is -4.48. The van der Waals surface area contributed by atoms with Gasteiger partial charge in [-0.05, 0) is 50.7 Å². The smallest absolute Gasteiger partial charge is 0.339 e. The van der Waals surface area contributed by atoms with E-state index in [9.17, 15) is 27.6 Å². The molecule has 15 heteroatoms. The summed E-state index contributed by atoms with van der Waals surface area (Å²) in [6.45, 7) is 3.28. The molecule has 1 aromatic carbocycles. The number of guanidine groups is 1. The normalized spacial score (nSPS) is 17.6. The number of nitrogens with zero attached hydrogens (tertiary/aromatic N) is 2. The number of likely N-dealkylation sites (tertiary alicyclic amines) is 1. The van der Waals surface area contributed by atoms with Crippen LogP contribution in [-0.4, -0.2) is 99.9 Å². The van der Waals surface area contributed by atoms with E-state index in [1.165, 1.54) is 29.2 Å². The third-order valence-corrected chi connectivity index (χ3v) is 8.68. The van der Waals surface area contributed by atoms with Crippen LogP contribution in [-0.2, 0) is 33.9 Å². The van der Waals surface area contributed by atoms with Crippen LogP contribution in [0.2, 0.25) is 0 Å². The van der Waals surface area contributed by atoms with E-state index in [1.54, 1.807) is 11.8 Å². The van der Waals surface area contributed by atoms with Crippen molar-refractivity contribution in [3.63, 3.8) is 0 Å². The van der Waals surface area contributed by atoms with E-state index in [0.29, 0.717) is 25.9 Å². The zero-order chi connectivity index (χ0) is 30.9. The molecule has 1 saturated heterocycles. The molecular weight excluding hydrogens is 568 g/mol. The highest BCUT2D eigenvalue weighted by Gasteiger charge is 2.39. The summed E-state index contributed by atoms with van der Waals surface area (Å²) < 4.78 is 39.0. The van der Waals surface area contributed by atoms with Gasteiger partial charge in [0.2, 0.25) is 21.8 Å². The first-order valence-corrected chi connectivity index (χ1v) is 15.5. The van der Waals surface area contributed by atoms with Gasteiger partial charge in [0, 0.05) is 32.2 Å². The second kappa shape index (κ2) is 15.0. The first-order valence-electron chi connectivity index (χ1n) is 14.0. The Balaban J connectivity index is 1.80. The van der Waals surface area contributed by atoms with E-state index in [-0.39, 0.29) is 49.6 Å². The SMILES string of the molecule is CCOC(=O)CCN(C(=O)[C@H](CC(=O)NC[C@@H]1CCCN(C(=N)N)C1)NS(=O)(=O)c1ccccc1C(=O)OC)C1CC1. The quantitative estimate of drug-likeness (QED) is 0.128. The number of rotatable bonds is 14. The Kier molecular flexibility index (Phi) is 11.7. The molecule has 0 bridgehead atoms. The number of sulfonamides is 1. The van der Waals surface area contributed by atoms with Gasteiger partial charge in [0.25, 0.3) is 0 Å². The van der Waals surface area contributed by atoms with Gasteiger partial charge in [-0.1, -0.05) is 12.1 Å². The Morgan fingerprint density at radius 3 is 2.55 bits per heavy atom. The molecule has 42 heavy (non-hydrogen) atoms. The number of hydrogen-bond donors (Lipinski definition) is 4. The summed E-state index contributed by atoms with van der Waals surface area (Å²) >= 11 is 0. The second-order valence-corrected chi connectivity index (χ2v) is 12.0. The van der Waals surface area contributed by atoms with Gasteiger partial charge < -0.3 is 30.3 Å². The molecule has 1 aromatic rings. The van der Waals surface area contributed by atoms with Crippen molar-refractivity contribution in [3.8, 4) is 0 Å². The molecule has 232 valence electrons. The topological polar surface area (TPSA) is 201 Å². The first kappa shape index (κ1) is 32.8. The zero-order valence-corrected chi connectivity index (χ0v) is 24.8. The van der Waals surface area contributed by atoms with E-state index in [2.05, 4.69) is 10.0 Å². The summed E-state index contributed by atoms with van der Waals surface area (Å²) in [4.78, 5) is 53.8. The molecule has 1 aliphatic carbocycles. The van der Waals surface area contributed by atoms with Crippen molar-refractivity contribution < 1.29 is 37.1 Å². The predicted octanol–water partition coefficient (Wildman–Crippen LogP) is 0.176. The van der Waals surface area contributed by atoms with Crippen LogP contribution in [0.1, 0.15) is 55.8 Å². The fraction of sp³-hybridized carbons (Fsp3) is 0.593. The van der Waals surface area contributed by atoms with Crippen molar-refractivity contribution in [2.75, 3.05) is 39.9 Å². The van der Waals surface area contributed by atoms with Gasteiger partial charge in [-0.3, -0.25) is 19.8 Å². The van der Waals surface area contributed by atoms with Crippen LogP contribution in [0.3, 0.4) is 0 Å². The van der Waals surface area contributed by atoms with Crippen LogP contribution in [0.4, 0.5) is 0 Å². The van der Waals surface area contributed by atoms with Crippen LogP contribution in [0, 0.1) is 11.3 Å². The molecular formula is C27H40N6O8S. The number of nitrogens with one attached hydrogen (secondary N) is 3. The van der Waals surface area contributed by atoms with E-state index in [0.717, 1.165) is 20.0 Å². The highest BCUT2D eigenvalue weighted by Crippen LogP contribution is 2.28. The van der Waals surface area contributed by atoms with E-state index in [4.69, 9.17) is 20.6 Å². The van der Waals surface area contributed by atoms with Gasteiger partial charge in [-0.2, -0.15) is 4.72 Å². The number of ether oxygens (including phenoxy) is 2. The van der Waals surface area contributed by atoms with Crippen molar-refractivity contribution in [2.45, 2.75) is 62.4 Å². The first-order chi connectivity index (χ1) is 20.0. The molecule has 3 rings (SSSR count). The maximum Gasteiger partial charge on any atom is 0.339 e. The second-order valence-electron chi connectivity index (χ2n) is 10.3. The summed E-state index contributed by atoms with van der Waals surface area (Å²) in [7, 11) is -3.36. The molecule has 1 heterocycles. The molecule has 1 aliphatic heterocycles. The molecule has 0 spiro atoms. The number of hydrogen-bond acceptors (Lipinski definition) is 9. The van der Waals surface area contributed by atoms with Gasteiger partial charge in [0.1, 0.15) is 6.04 Å². The van der Waals surface area contributed by atoms with Crippen molar-refractivity contribution >= 4 is 39.7 Å². The summed E-state index contributed by atoms with van der Waals surface area (Å²) in [6.07, 6.45) is 2.38. The van der Waals surface area contributed by atoms with Crippen molar-refractivity contribution in [2.24, 2.45) is 11.7 Å². The van der Waals surface area contributed by atoms with Crippen LogP contribution < -0.4 is 15.8 Å². The van der Waals surface area contributed by atoms with Crippen LogP contribution in [0.15, 0.2) is 29.2 Å². The predicted molar refractivity (Wildman–Crippen MR) is 152 cm³/mol. The molecule has 1 saturated carbocycles. The standard InChI is InChI=1S/C27H40N6O8S/c1-3-41-24(35)12-14-33(19-10-11-19)25(36)21(15-23(34)30-16-18-7-6-13-32(17-18)27(28)29)31-42(38,39)22-9-5-4-8-20(22)26(37)40-2/h4-5,8-9,18-19,21,31H,3,6-7,10-17H2,1-2H3,(H3,28,29)(H,30,34)/t18-,21-/m0/s1. The highest BCUT2D eigenvalue weighted by atomic mass is 32.2. The minimum Gasteiger partial charge on any atom is -0.466 e. The van der Waals surface area contributed by atoms with Crippen LogP contribution in [0.5, 0.6) is 0 Å². The average Bonchev–Trinajstić information content (AvgIpc) is 3.81. The largest absolute Gasteiger partial charge is 0.466 e. The van der Waals surface area contributed by atoms with Gasteiger partial charge in [0.05, 0.1) is 37.0 Å². The number of carbonyl (C=O) groups is 4. The lowest BCUT2D eigenvalue weighted by Gasteiger charge is -2.33. The fourth-order valence-corrected chi connectivity index (χ4v) is 6.26. The number of methoxy groups -OCH3 is 1. The maximum atomic E-state index is 13.8. The molecule has 2 amide bonds. The third-order valence-electron chi connectivity index (χ3n) is 7.15. The number of amides is 2. The lowest BCUT2D eigenvalue weighted by atomic mass is 9.98. The average molecular weight is 609 g/mol. The van der Waals surface area contributed by atoms with Crippen LogP contribution >= 0.6 is 0 Å². The minimum absolute atomic E-state index is 0.00385. The number of benzene rings is 1. The van der Waals surface area contributed by atoms with Gasteiger partial charge >= 0.3 is 11.9 Å². The van der Waals surface area contributed by atoms with E-state index < -0.39 is 51.1 Å². The number of carbonyl (C=O) groups excluding carboxylic acids is 4. The molecule has 2 fully saturated rings. The summed E-state index contributed by atoms with van der Waals surface area (Å²) in [6, 6.07) is 3.69. The summed E-state index contributed by atoms with van der Waals surface area (Å²) in [5.41, 5.74) is 5.38. The Hall–Kier alpha value is -3.72. The lowest BCUT2D eigenvalue weighted by Crippen LogP contribution is -2.52. The van der Waals surface area contributed by atoms with Gasteiger partial charge in [-0.15, -0.1) is 0 Å². The van der Waals surface area contributed by atoms with Crippen molar-refractivity contribution in [1.29, 1.82) is 5.41 Å². The van der Waals surface area contributed by atoms with Crippen molar-refractivity contribution in [1.82, 2.24) is 19.8 Å². The lowest BCUT2D eigenvalue weighted by molar-refractivity contribution is -0.144. The highest BCUT2D eigenvalue weighted by molar-refractivity contribution is 7.89. The summed E-state index contributed by atoms with van der Waals surface area (Å²) in [5, 5.41) is 10.4. The molecule has 2 atom stereocenters. The summed E-state index contributed by atoms with van der Waals surface area (Å²) in [5.74, 6) is -2.60. The maximum absolute atomic E-state index is 13.8. The Labute approximate surface area is 245 Å². The van der Waals surface area contributed by atoms with Crippen LogP contribution in [0.25, 0.3) is 0 Å². The Morgan fingerprint density at radius 2 is 1.90 bits per heavy atom. The van der Waals surface area contributed by atoms with Gasteiger partial charge in [0.15, 0.2) is 5.96 Å². The number of esters is 2. The molecule has 5 N–H and O–H groups in total. The fourth-order valence-electron chi connectivity index (χ4n) is 4.88. The Bertz CT molecular complexity index is 1270. The zero-order valence-electron chi connectivity index (χ0n) is 24.0. The molecule has 14 nitrogen and oxygen atoms in total. The van der Waals surface area contributed by atoms with Crippen molar-refractivity contribution in [3.05, 3.63) is 29.8 Å². The molecule has 0 unspecified atom stereocenters. The number of piperidine rings is 1. The molecule has 0 radical (unpaired) electrons. The molecule has 0 aromatic heterocycles. The number of nitrogens with two attached hydrogens (primary N) is 1. The molecule has 2 aliphatic rings. The monoisotopic (exact) mass is 608 g/mol. The Morgan fingerprint density at radius 1 is 1.19 bits per heavy atom.